The van der Waals surface area contributed by atoms with Gasteiger partial charge >= 0.3 is 0 Å². The molecule has 54 valence electrons. The molecule has 0 fully saturated rings. The Hall–Kier alpha value is -0.960. The molecular weight excluding hydrogens is 126 g/mol. The van der Waals surface area contributed by atoms with E-state index >= 15 is 0 Å². The third-order valence-electron chi connectivity index (χ3n) is 1.23. The van der Waals surface area contributed by atoms with Gasteiger partial charge in [0.15, 0.2) is 0 Å². The molecule has 3 nitrogen and oxygen atoms in total. The summed E-state index contributed by atoms with van der Waals surface area (Å²) in [5.74, 6) is 0. The Morgan fingerprint density at radius 2 is 2.20 bits per heavy atom. The minimum atomic E-state index is -0.381. The van der Waals surface area contributed by atoms with E-state index in [1.54, 1.807) is 6.20 Å². The van der Waals surface area contributed by atoms with Crippen LogP contribution in [-0.2, 0) is 5.54 Å². The van der Waals surface area contributed by atoms with Crippen molar-refractivity contribution in [1.29, 1.82) is 0 Å². The van der Waals surface area contributed by atoms with Crippen LogP contribution in [0.2, 0.25) is 0 Å². The number of rotatable bonds is 1. The first-order valence-corrected chi connectivity index (χ1v) is 3.18. The van der Waals surface area contributed by atoms with Crippen molar-refractivity contribution in [3.63, 3.8) is 0 Å². The summed E-state index contributed by atoms with van der Waals surface area (Å²) >= 11 is 0. The van der Waals surface area contributed by atoms with Gasteiger partial charge in [-0.05, 0) is 26.0 Å². The summed E-state index contributed by atoms with van der Waals surface area (Å²) in [5.41, 5.74) is 6.19. The molecule has 0 saturated carbocycles. The van der Waals surface area contributed by atoms with Gasteiger partial charge in [0.25, 0.3) is 0 Å². The maximum absolute atomic E-state index is 5.75. The van der Waals surface area contributed by atoms with E-state index in [0.717, 1.165) is 5.69 Å². The topological polar surface area (TPSA) is 51.8 Å². The molecule has 0 bridgehead atoms. The van der Waals surface area contributed by atoms with Crippen LogP contribution in [0, 0.1) is 0 Å². The Labute approximate surface area is 60.3 Å². The van der Waals surface area contributed by atoms with Gasteiger partial charge in [-0.25, -0.2) is 0 Å². The first kappa shape index (κ1) is 7.15. The fourth-order valence-electron chi connectivity index (χ4n) is 0.645. The van der Waals surface area contributed by atoms with Gasteiger partial charge in [-0.3, -0.25) is 0 Å². The van der Waals surface area contributed by atoms with E-state index in [1.165, 1.54) is 0 Å². The predicted octanol–water partition coefficient (Wildman–Crippen LogP) is 0.670. The second-order valence-electron chi connectivity index (χ2n) is 2.83. The third kappa shape index (κ3) is 1.51. The Kier molecular flexibility index (Phi) is 1.68. The number of nitrogens with two attached hydrogens (primary N) is 1. The average molecular weight is 137 g/mol. The molecule has 0 spiro atoms. The number of hydrogen-bond acceptors (Lipinski definition) is 3. The van der Waals surface area contributed by atoms with Gasteiger partial charge in [-0.2, -0.15) is 10.2 Å². The lowest BCUT2D eigenvalue weighted by molar-refractivity contribution is 0.526. The predicted molar refractivity (Wildman–Crippen MR) is 39.2 cm³/mol. The van der Waals surface area contributed by atoms with E-state index < -0.39 is 0 Å². The molecule has 0 radical (unpaired) electrons. The van der Waals surface area contributed by atoms with Crippen LogP contribution in [0.15, 0.2) is 18.3 Å². The second-order valence-corrected chi connectivity index (χ2v) is 2.83. The summed E-state index contributed by atoms with van der Waals surface area (Å²) in [5, 5.41) is 7.60. The van der Waals surface area contributed by atoms with Crippen LogP contribution in [0.4, 0.5) is 0 Å². The summed E-state index contributed by atoms with van der Waals surface area (Å²) in [7, 11) is 0. The molecule has 0 aliphatic carbocycles. The standard InChI is InChI=1S/C7H11N3/c1-7(2,8)6-4-3-5-9-10-6/h3-5H,8H2,1-2H3. The van der Waals surface area contributed by atoms with Crippen molar-refractivity contribution >= 4 is 0 Å². The molecule has 10 heavy (non-hydrogen) atoms. The Morgan fingerprint density at radius 1 is 1.50 bits per heavy atom. The monoisotopic (exact) mass is 137 g/mol. The van der Waals surface area contributed by atoms with Gasteiger partial charge < -0.3 is 5.73 Å². The largest absolute Gasteiger partial charge is 0.321 e. The quantitative estimate of drug-likeness (QED) is 0.619. The first-order chi connectivity index (χ1) is 4.61. The second kappa shape index (κ2) is 2.34. The van der Waals surface area contributed by atoms with E-state index in [4.69, 9.17) is 5.73 Å². The molecule has 0 saturated heterocycles. The van der Waals surface area contributed by atoms with Crippen molar-refractivity contribution < 1.29 is 0 Å². The van der Waals surface area contributed by atoms with Crippen LogP contribution >= 0.6 is 0 Å². The molecule has 0 aliphatic rings. The van der Waals surface area contributed by atoms with Crippen LogP contribution < -0.4 is 5.73 Å². The summed E-state index contributed by atoms with van der Waals surface area (Å²) in [4.78, 5) is 0. The highest BCUT2D eigenvalue weighted by molar-refractivity contribution is 5.08. The summed E-state index contributed by atoms with van der Waals surface area (Å²) < 4.78 is 0. The summed E-state index contributed by atoms with van der Waals surface area (Å²) in [6, 6.07) is 3.70. The highest BCUT2D eigenvalue weighted by Gasteiger charge is 2.14. The normalized spacial score (nSPS) is 11.5. The van der Waals surface area contributed by atoms with Crippen LogP contribution in [-0.4, -0.2) is 10.2 Å². The molecule has 1 aromatic rings. The van der Waals surface area contributed by atoms with Gasteiger partial charge in [-0.1, -0.05) is 0 Å². The smallest absolute Gasteiger partial charge is 0.0823 e. The maximum Gasteiger partial charge on any atom is 0.0823 e. The fourth-order valence-corrected chi connectivity index (χ4v) is 0.645. The minimum absolute atomic E-state index is 0.381. The molecule has 0 aliphatic heterocycles. The lowest BCUT2D eigenvalue weighted by Crippen LogP contribution is -2.29. The Bertz CT molecular complexity index is 200. The summed E-state index contributed by atoms with van der Waals surface area (Å²) in [6.45, 7) is 3.80. The molecule has 1 rings (SSSR count). The lowest BCUT2D eigenvalue weighted by Gasteiger charge is -2.15. The first-order valence-electron chi connectivity index (χ1n) is 3.18. The van der Waals surface area contributed by atoms with Crippen LogP contribution in [0.25, 0.3) is 0 Å². The Morgan fingerprint density at radius 3 is 2.50 bits per heavy atom. The van der Waals surface area contributed by atoms with E-state index in [1.807, 2.05) is 26.0 Å². The zero-order valence-electron chi connectivity index (χ0n) is 6.20. The van der Waals surface area contributed by atoms with Gasteiger partial charge in [0.1, 0.15) is 0 Å². The zero-order valence-corrected chi connectivity index (χ0v) is 6.20. The minimum Gasteiger partial charge on any atom is -0.321 e. The fraction of sp³-hybridized carbons (Fsp3) is 0.429. The van der Waals surface area contributed by atoms with Crippen molar-refractivity contribution in [2.75, 3.05) is 0 Å². The van der Waals surface area contributed by atoms with Gasteiger partial charge in [0.05, 0.1) is 11.2 Å². The molecule has 0 unspecified atom stereocenters. The summed E-state index contributed by atoms with van der Waals surface area (Å²) in [6.07, 6.45) is 1.63. The zero-order chi connectivity index (χ0) is 7.61. The van der Waals surface area contributed by atoms with Crippen LogP contribution in [0.1, 0.15) is 19.5 Å². The van der Waals surface area contributed by atoms with E-state index in [0.29, 0.717) is 0 Å². The molecular formula is C7H11N3. The maximum atomic E-state index is 5.75. The van der Waals surface area contributed by atoms with Crippen molar-refractivity contribution in [2.45, 2.75) is 19.4 Å². The number of hydrogen-bond donors (Lipinski definition) is 1. The number of nitrogens with zero attached hydrogens (tertiary/aromatic N) is 2. The van der Waals surface area contributed by atoms with Crippen LogP contribution in [0.5, 0.6) is 0 Å². The van der Waals surface area contributed by atoms with Crippen molar-refractivity contribution in [1.82, 2.24) is 10.2 Å². The molecule has 1 heterocycles. The SMILES string of the molecule is CC(C)(N)c1cccnn1. The van der Waals surface area contributed by atoms with Crippen molar-refractivity contribution in [3.05, 3.63) is 24.0 Å². The highest BCUT2D eigenvalue weighted by Crippen LogP contribution is 2.10. The molecule has 1 aromatic heterocycles. The van der Waals surface area contributed by atoms with Crippen molar-refractivity contribution in [2.24, 2.45) is 5.73 Å². The third-order valence-corrected chi connectivity index (χ3v) is 1.23. The van der Waals surface area contributed by atoms with Gasteiger partial charge in [-0.15, -0.1) is 0 Å². The molecule has 2 N–H and O–H groups in total. The van der Waals surface area contributed by atoms with Gasteiger partial charge in [0.2, 0.25) is 0 Å². The van der Waals surface area contributed by atoms with Crippen molar-refractivity contribution in [3.8, 4) is 0 Å². The molecule has 0 aromatic carbocycles. The lowest BCUT2D eigenvalue weighted by atomic mass is 10.0. The van der Waals surface area contributed by atoms with Gasteiger partial charge in [0, 0.05) is 6.20 Å². The number of aromatic nitrogens is 2. The highest BCUT2D eigenvalue weighted by atomic mass is 15.1. The van der Waals surface area contributed by atoms with E-state index in [-0.39, 0.29) is 5.54 Å². The molecule has 0 amide bonds. The average Bonchev–Trinajstić information content (AvgIpc) is 1.88. The van der Waals surface area contributed by atoms with E-state index in [2.05, 4.69) is 10.2 Å². The Balaban J connectivity index is 2.97. The van der Waals surface area contributed by atoms with Crippen LogP contribution in [0.3, 0.4) is 0 Å². The molecule has 3 heteroatoms. The van der Waals surface area contributed by atoms with E-state index in [9.17, 15) is 0 Å². The molecule has 0 atom stereocenters.